The van der Waals surface area contributed by atoms with Gasteiger partial charge in [-0.15, -0.1) is 11.6 Å². The van der Waals surface area contributed by atoms with E-state index in [4.69, 9.17) is 16.3 Å². The van der Waals surface area contributed by atoms with Gasteiger partial charge in [0.25, 0.3) is 0 Å². The van der Waals surface area contributed by atoms with E-state index in [1.165, 1.54) is 11.1 Å². The van der Waals surface area contributed by atoms with Crippen LogP contribution in [0, 0.1) is 6.92 Å². The lowest BCUT2D eigenvalue weighted by atomic mass is 9.94. The van der Waals surface area contributed by atoms with E-state index in [0.717, 1.165) is 16.6 Å². The van der Waals surface area contributed by atoms with Gasteiger partial charge < -0.3 is 4.74 Å². The third-order valence-corrected chi connectivity index (χ3v) is 4.21. The molecule has 0 saturated carbocycles. The molecule has 0 radical (unpaired) electrons. The molecule has 0 saturated heterocycles. The zero-order chi connectivity index (χ0) is 14.4. The second-order valence-corrected chi connectivity index (χ2v) is 6.03. The molecule has 0 amide bonds. The maximum absolute atomic E-state index is 6.12. The molecule has 0 aliphatic heterocycles. The van der Waals surface area contributed by atoms with Crippen LogP contribution in [0.1, 0.15) is 23.5 Å². The fourth-order valence-corrected chi connectivity index (χ4v) is 2.94. The van der Waals surface area contributed by atoms with Gasteiger partial charge in [0, 0.05) is 16.3 Å². The molecule has 0 aliphatic rings. The normalized spacial score (nSPS) is 12.2. The fraction of sp³-hybridized carbons (Fsp3) is 0.294. The first-order valence-electron chi connectivity index (χ1n) is 6.70. The molecule has 2 rings (SSSR count). The van der Waals surface area contributed by atoms with Crippen molar-refractivity contribution in [2.75, 3.05) is 12.5 Å². The van der Waals surface area contributed by atoms with Crippen LogP contribution in [-0.2, 0) is 0 Å². The first-order chi connectivity index (χ1) is 9.70. The number of rotatable bonds is 6. The summed E-state index contributed by atoms with van der Waals surface area (Å²) in [5.41, 5.74) is 2.61. The fourth-order valence-electron chi connectivity index (χ4n) is 2.24. The molecule has 1 nitrogen and oxygen atoms in total. The number of ether oxygens (including phenoxy) is 1. The van der Waals surface area contributed by atoms with Crippen molar-refractivity contribution >= 4 is 27.5 Å². The molecule has 1 atom stereocenters. The van der Waals surface area contributed by atoms with Crippen LogP contribution >= 0.6 is 27.5 Å². The van der Waals surface area contributed by atoms with Crippen LogP contribution in [0.2, 0.25) is 0 Å². The highest BCUT2D eigenvalue weighted by Gasteiger charge is 2.12. The molecule has 2 aromatic rings. The lowest BCUT2D eigenvalue weighted by molar-refractivity contribution is 0.301. The van der Waals surface area contributed by atoms with E-state index in [0.29, 0.717) is 18.4 Å². The maximum Gasteiger partial charge on any atom is 0.120 e. The van der Waals surface area contributed by atoms with Crippen molar-refractivity contribution in [1.82, 2.24) is 0 Å². The molecular weight excluding hydrogens is 336 g/mol. The minimum Gasteiger partial charge on any atom is -0.494 e. The molecular formula is C17H18BrClO. The molecule has 0 aliphatic carbocycles. The summed E-state index contributed by atoms with van der Waals surface area (Å²) in [4.78, 5) is 0. The monoisotopic (exact) mass is 352 g/mol. The van der Waals surface area contributed by atoms with E-state index < -0.39 is 0 Å². The van der Waals surface area contributed by atoms with Gasteiger partial charge in [0.05, 0.1) is 6.61 Å². The Hall–Kier alpha value is -0.990. The molecule has 0 bridgehead atoms. The maximum atomic E-state index is 6.12. The van der Waals surface area contributed by atoms with Gasteiger partial charge >= 0.3 is 0 Å². The Morgan fingerprint density at radius 2 is 1.95 bits per heavy atom. The molecule has 0 N–H and O–H groups in total. The average Bonchev–Trinajstić information content (AvgIpc) is 2.45. The number of aryl methyl sites for hydroxylation is 1. The zero-order valence-corrected chi connectivity index (χ0v) is 13.8. The highest BCUT2D eigenvalue weighted by molar-refractivity contribution is 9.10. The summed E-state index contributed by atoms with van der Waals surface area (Å²) in [6.07, 6.45) is 0.918. The van der Waals surface area contributed by atoms with Crippen molar-refractivity contribution in [3.8, 4) is 5.75 Å². The molecule has 3 heteroatoms. The van der Waals surface area contributed by atoms with Gasteiger partial charge in [0.2, 0.25) is 0 Å². The molecule has 0 fully saturated rings. The average molecular weight is 354 g/mol. The van der Waals surface area contributed by atoms with E-state index in [1.807, 2.05) is 24.3 Å². The van der Waals surface area contributed by atoms with Crippen molar-refractivity contribution in [2.45, 2.75) is 19.3 Å². The van der Waals surface area contributed by atoms with Gasteiger partial charge in [0.1, 0.15) is 5.75 Å². The van der Waals surface area contributed by atoms with E-state index in [1.54, 1.807) is 0 Å². The summed E-state index contributed by atoms with van der Waals surface area (Å²) in [7, 11) is 0. The minimum atomic E-state index is 0.338. The largest absolute Gasteiger partial charge is 0.494 e. The van der Waals surface area contributed by atoms with E-state index >= 15 is 0 Å². The van der Waals surface area contributed by atoms with E-state index in [-0.39, 0.29) is 0 Å². The number of hydrogen-bond donors (Lipinski definition) is 0. The summed E-state index contributed by atoms with van der Waals surface area (Å²) < 4.78 is 6.82. The second kappa shape index (κ2) is 7.70. The highest BCUT2D eigenvalue weighted by Crippen LogP contribution is 2.25. The van der Waals surface area contributed by atoms with Gasteiger partial charge in [-0.25, -0.2) is 0 Å². The Balaban J connectivity index is 1.93. The van der Waals surface area contributed by atoms with Crippen LogP contribution in [0.25, 0.3) is 0 Å². The van der Waals surface area contributed by atoms with Gasteiger partial charge in [-0.05, 0) is 42.7 Å². The Kier molecular flexibility index (Phi) is 5.93. The Morgan fingerprint density at radius 3 is 2.65 bits per heavy atom. The molecule has 1 unspecified atom stereocenters. The Morgan fingerprint density at radius 1 is 1.15 bits per heavy atom. The van der Waals surface area contributed by atoms with Crippen LogP contribution in [-0.4, -0.2) is 12.5 Å². The van der Waals surface area contributed by atoms with E-state index in [9.17, 15) is 0 Å². The number of halogens is 2. The molecule has 0 heterocycles. The predicted octanol–water partition coefficient (Wildman–Crippen LogP) is 5.55. The van der Waals surface area contributed by atoms with Crippen LogP contribution in [0.5, 0.6) is 5.75 Å². The lowest BCUT2D eigenvalue weighted by Crippen LogP contribution is -2.08. The molecule has 0 spiro atoms. The van der Waals surface area contributed by atoms with Gasteiger partial charge in [-0.2, -0.15) is 0 Å². The summed E-state index contributed by atoms with van der Waals surface area (Å²) in [5, 5.41) is 0. The molecule has 106 valence electrons. The lowest BCUT2D eigenvalue weighted by Gasteiger charge is -2.17. The summed E-state index contributed by atoms with van der Waals surface area (Å²) in [5.74, 6) is 1.84. The SMILES string of the molecule is Cc1ccccc1C(CCl)CCOc1cccc(Br)c1. The summed E-state index contributed by atoms with van der Waals surface area (Å²) in [6, 6.07) is 16.3. The van der Waals surface area contributed by atoms with Crippen LogP contribution < -0.4 is 4.74 Å². The highest BCUT2D eigenvalue weighted by atomic mass is 79.9. The van der Waals surface area contributed by atoms with Crippen LogP contribution in [0.3, 0.4) is 0 Å². The molecule has 2 aromatic carbocycles. The zero-order valence-electron chi connectivity index (χ0n) is 11.5. The van der Waals surface area contributed by atoms with Crippen molar-refractivity contribution in [1.29, 1.82) is 0 Å². The minimum absolute atomic E-state index is 0.338. The molecule has 0 aromatic heterocycles. The summed E-state index contributed by atoms with van der Waals surface area (Å²) in [6.45, 7) is 2.80. The number of alkyl halides is 1. The second-order valence-electron chi connectivity index (χ2n) is 4.80. The smallest absolute Gasteiger partial charge is 0.120 e. The van der Waals surface area contributed by atoms with E-state index in [2.05, 4.69) is 47.1 Å². The molecule has 20 heavy (non-hydrogen) atoms. The van der Waals surface area contributed by atoms with Crippen LogP contribution in [0.4, 0.5) is 0 Å². The third-order valence-electron chi connectivity index (χ3n) is 3.35. The first kappa shape index (κ1) is 15.4. The third kappa shape index (κ3) is 4.26. The summed E-state index contributed by atoms with van der Waals surface area (Å²) >= 11 is 9.56. The van der Waals surface area contributed by atoms with Crippen molar-refractivity contribution in [3.05, 3.63) is 64.1 Å². The predicted molar refractivity (Wildman–Crippen MR) is 88.9 cm³/mol. The van der Waals surface area contributed by atoms with Gasteiger partial charge in [0.15, 0.2) is 0 Å². The van der Waals surface area contributed by atoms with Crippen molar-refractivity contribution in [2.24, 2.45) is 0 Å². The standard InChI is InChI=1S/C17H18BrClO/c1-13-5-2-3-8-17(13)14(12-19)9-10-20-16-7-4-6-15(18)11-16/h2-8,11,14H,9-10,12H2,1H3. The van der Waals surface area contributed by atoms with Crippen molar-refractivity contribution in [3.63, 3.8) is 0 Å². The Bertz CT molecular complexity index is 556. The van der Waals surface area contributed by atoms with Crippen molar-refractivity contribution < 1.29 is 4.74 Å². The number of hydrogen-bond acceptors (Lipinski definition) is 1. The van der Waals surface area contributed by atoms with Crippen LogP contribution in [0.15, 0.2) is 53.0 Å². The first-order valence-corrected chi connectivity index (χ1v) is 8.03. The Labute approximate surface area is 134 Å². The van der Waals surface area contributed by atoms with Gasteiger partial charge in [-0.3, -0.25) is 0 Å². The number of benzene rings is 2. The van der Waals surface area contributed by atoms with Gasteiger partial charge in [-0.1, -0.05) is 46.3 Å². The topological polar surface area (TPSA) is 9.23 Å². The quantitative estimate of drug-likeness (QED) is 0.619.